The van der Waals surface area contributed by atoms with Crippen LogP contribution in [0.2, 0.25) is 0 Å². The van der Waals surface area contributed by atoms with E-state index in [1.165, 1.54) is 0 Å². The summed E-state index contributed by atoms with van der Waals surface area (Å²) in [6.45, 7) is 8.24. The molecule has 0 bridgehead atoms. The lowest BCUT2D eigenvalue weighted by molar-refractivity contribution is 0.00578. The summed E-state index contributed by atoms with van der Waals surface area (Å²) in [5.74, 6) is 2.83. The van der Waals surface area contributed by atoms with E-state index in [1.54, 1.807) is 0 Å². The highest BCUT2D eigenvalue weighted by atomic mass is 16.7. The van der Waals surface area contributed by atoms with Gasteiger partial charge in [0.05, 0.1) is 11.2 Å². The van der Waals surface area contributed by atoms with Gasteiger partial charge in [-0.25, -0.2) is 0 Å². The molecule has 0 aromatic heterocycles. The Morgan fingerprint density at radius 1 is 0.667 bits per heavy atom. The second kappa shape index (κ2) is 5.50. The van der Waals surface area contributed by atoms with E-state index in [0.29, 0.717) is 11.5 Å². The van der Waals surface area contributed by atoms with Crippen LogP contribution in [0.1, 0.15) is 27.7 Å². The van der Waals surface area contributed by atoms with Gasteiger partial charge in [-0.05, 0) is 56.7 Å². The Bertz CT molecular complexity index is 1040. The van der Waals surface area contributed by atoms with Crippen molar-refractivity contribution in [1.82, 2.24) is 0 Å². The van der Waals surface area contributed by atoms with E-state index >= 15 is 0 Å². The molecule has 4 nitrogen and oxygen atoms in total. The molecule has 1 saturated heterocycles. The number of fused-ring (bicyclic) bond motifs is 4. The number of rotatable bonds is 1. The zero-order valence-corrected chi connectivity index (χ0v) is 15.9. The van der Waals surface area contributed by atoms with Gasteiger partial charge in [0.1, 0.15) is 0 Å². The molecule has 3 aromatic carbocycles. The summed E-state index contributed by atoms with van der Waals surface area (Å²) >= 11 is 0. The van der Waals surface area contributed by atoms with Crippen molar-refractivity contribution in [3.05, 3.63) is 54.6 Å². The van der Waals surface area contributed by atoms with Gasteiger partial charge in [0.25, 0.3) is 0 Å². The van der Waals surface area contributed by atoms with E-state index in [9.17, 15) is 0 Å². The van der Waals surface area contributed by atoms with Gasteiger partial charge >= 0.3 is 7.12 Å². The van der Waals surface area contributed by atoms with Crippen molar-refractivity contribution in [2.45, 2.75) is 38.9 Å². The van der Waals surface area contributed by atoms with Gasteiger partial charge in [-0.2, -0.15) is 0 Å². The lowest BCUT2D eigenvalue weighted by Gasteiger charge is -2.32. The van der Waals surface area contributed by atoms with Crippen LogP contribution >= 0.6 is 0 Å². The largest absolute Gasteiger partial charge is 0.495 e. The summed E-state index contributed by atoms with van der Waals surface area (Å²) in [5.41, 5.74) is 0.142. The normalized spacial score (nSPS) is 19.2. The third kappa shape index (κ3) is 2.46. The van der Waals surface area contributed by atoms with E-state index in [4.69, 9.17) is 18.8 Å². The maximum Gasteiger partial charge on any atom is 0.495 e. The molecule has 0 radical (unpaired) electrons. The van der Waals surface area contributed by atoms with Gasteiger partial charge in [0, 0.05) is 5.39 Å². The fourth-order valence-corrected chi connectivity index (χ4v) is 3.54. The topological polar surface area (TPSA) is 36.9 Å². The zero-order valence-electron chi connectivity index (χ0n) is 15.9. The molecule has 5 rings (SSSR count). The molecule has 0 unspecified atom stereocenters. The van der Waals surface area contributed by atoms with E-state index < -0.39 is 18.3 Å². The first-order valence-electron chi connectivity index (χ1n) is 9.22. The Balaban J connectivity index is 1.68. The van der Waals surface area contributed by atoms with Gasteiger partial charge in [0.2, 0.25) is 0 Å². The molecule has 0 atom stereocenters. The van der Waals surface area contributed by atoms with Crippen molar-refractivity contribution >= 4 is 23.4 Å². The van der Waals surface area contributed by atoms with E-state index in [0.717, 1.165) is 27.7 Å². The van der Waals surface area contributed by atoms with Crippen LogP contribution < -0.4 is 14.9 Å². The highest BCUT2D eigenvalue weighted by Crippen LogP contribution is 2.48. The van der Waals surface area contributed by atoms with E-state index in [-0.39, 0.29) is 0 Å². The molecule has 136 valence electrons. The Morgan fingerprint density at radius 3 is 1.89 bits per heavy atom. The molecule has 0 spiro atoms. The van der Waals surface area contributed by atoms with Crippen LogP contribution in [0.15, 0.2) is 54.6 Å². The molecule has 3 aromatic rings. The van der Waals surface area contributed by atoms with Crippen molar-refractivity contribution in [2.75, 3.05) is 0 Å². The van der Waals surface area contributed by atoms with Gasteiger partial charge in [0.15, 0.2) is 23.0 Å². The minimum atomic E-state index is -0.467. The smallest absolute Gasteiger partial charge is 0.450 e. The van der Waals surface area contributed by atoms with Crippen molar-refractivity contribution < 1.29 is 18.8 Å². The van der Waals surface area contributed by atoms with Crippen LogP contribution in [0.5, 0.6) is 23.0 Å². The van der Waals surface area contributed by atoms with Crippen LogP contribution in [-0.2, 0) is 9.31 Å². The molecule has 0 N–H and O–H groups in total. The van der Waals surface area contributed by atoms with Crippen LogP contribution in [-0.4, -0.2) is 18.3 Å². The fourth-order valence-electron chi connectivity index (χ4n) is 3.54. The molecule has 2 heterocycles. The third-order valence-corrected chi connectivity index (χ3v) is 5.78. The van der Waals surface area contributed by atoms with Crippen molar-refractivity contribution in [1.29, 1.82) is 0 Å². The zero-order chi connectivity index (χ0) is 18.8. The Morgan fingerprint density at radius 2 is 1.22 bits per heavy atom. The van der Waals surface area contributed by atoms with E-state index in [1.807, 2.05) is 48.5 Å². The summed E-state index contributed by atoms with van der Waals surface area (Å²) in [7, 11) is -0.467. The molecule has 27 heavy (non-hydrogen) atoms. The lowest BCUT2D eigenvalue weighted by Crippen LogP contribution is -2.41. The molecule has 2 aliphatic heterocycles. The highest BCUT2D eigenvalue weighted by Gasteiger charge is 2.52. The molecule has 2 aliphatic rings. The predicted octanol–water partition coefficient (Wildman–Crippen LogP) is 5.04. The fraction of sp³-hybridized carbons (Fsp3) is 0.273. The number of hydrogen-bond acceptors (Lipinski definition) is 4. The molecule has 0 amide bonds. The summed E-state index contributed by atoms with van der Waals surface area (Å²) < 4.78 is 24.9. The average Bonchev–Trinajstić information content (AvgIpc) is 2.87. The summed E-state index contributed by atoms with van der Waals surface area (Å²) in [6, 6.07) is 17.8. The highest BCUT2D eigenvalue weighted by molar-refractivity contribution is 6.65. The van der Waals surface area contributed by atoms with Gasteiger partial charge in [-0.3, -0.25) is 0 Å². The molecule has 0 aliphatic carbocycles. The summed E-state index contributed by atoms with van der Waals surface area (Å²) in [6.07, 6.45) is 0. The van der Waals surface area contributed by atoms with Crippen LogP contribution in [0, 0.1) is 0 Å². The molecule has 1 fully saturated rings. The minimum Gasteiger partial charge on any atom is -0.450 e. The Labute approximate surface area is 159 Å². The Kier molecular flexibility index (Phi) is 3.40. The molecular formula is C22H21BO4. The van der Waals surface area contributed by atoms with Crippen molar-refractivity contribution in [3.63, 3.8) is 0 Å². The Hall–Kier alpha value is -2.50. The number of para-hydroxylation sites is 2. The minimum absolute atomic E-state index is 0.404. The number of hydrogen-bond donors (Lipinski definition) is 0. The monoisotopic (exact) mass is 360 g/mol. The standard InChI is InChI=1S/C22H21BO4/c1-21(2)22(3,4)27-23(26-21)16-13-19-20(15-10-6-5-9-14(15)16)25-18-12-8-7-11-17(18)24-19/h5-13H,1-4H3. The quantitative estimate of drug-likeness (QED) is 0.446. The SMILES string of the molecule is CC1(C)OB(c2cc3c(c4ccccc24)Oc2ccccc2O3)OC1(C)C. The molecule has 0 saturated carbocycles. The van der Waals surface area contributed by atoms with E-state index in [2.05, 4.69) is 33.8 Å². The number of ether oxygens (including phenoxy) is 2. The van der Waals surface area contributed by atoms with Gasteiger partial charge < -0.3 is 18.8 Å². The second-order valence-corrected chi connectivity index (χ2v) is 8.08. The average molecular weight is 360 g/mol. The molecular weight excluding hydrogens is 339 g/mol. The lowest BCUT2D eigenvalue weighted by atomic mass is 9.75. The van der Waals surface area contributed by atoms with Crippen LogP contribution in [0.3, 0.4) is 0 Å². The first kappa shape index (κ1) is 16.7. The summed E-state index contributed by atoms with van der Waals surface area (Å²) in [4.78, 5) is 0. The van der Waals surface area contributed by atoms with Gasteiger partial charge in [-0.15, -0.1) is 0 Å². The van der Waals surface area contributed by atoms with Gasteiger partial charge in [-0.1, -0.05) is 36.4 Å². The number of benzene rings is 3. The van der Waals surface area contributed by atoms with Crippen molar-refractivity contribution in [2.24, 2.45) is 0 Å². The first-order chi connectivity index (χ1) is 12.9. The van der Waals surface area contributed by atoms with Crippen molar-refractivity contribution in [3.8, 4) is 23.0 Å². The first-order valence-corrected chi connectivity index (χ1v) is 9.22. The second-order valence-electron chi connectivity index (χ2n) is 8.08. The summed E-state index contributed by atoms with van der Waals surface area (Å²) in [5, 5.41) is 2.02. The third-order valence-electron chi connectivity index (χ3n) is 5.78. The van der Waals surface area contributed by atoms with Crippen LogP contribution in [0.4, 0.5) is 0 Å². The molecule has 5 heteroatoms. The maximum absolute atomic E-state index is 6.30. The predicted molar refractivity (Wildman–Crippen MR) is 106 cm³/mol. The van der Waals surface area contributed by atoms with Crippen LogP contribution in [0.25, 0.3) is 10.8 Å². The maximum atomic E-state index is 6.30.